The van der Waals surface area contributed by atoms with Crippen molar-refractivity contribution < 1.29 is 14.3 Å². The van der Waals surface area contributed by atoms with E-state index < -0.39 is 0 Å². The average molecular weight is 213 g/mol. The number of hydrogen-bond donors (Lipinski definition) is 1. The first-order valence-electron chi connectivity index (χ1n) is 4.97. The van der Waals surface area contributed by atoms with Crippen LogP contribution < -0.4 is 5.32 Å². The Hall–Kier alpha value is -1.16. The first-order chi connectivity index (χ1) is 6.95. The zero-order chi connectivity index (χ0) is 11.7. The highest BCUT2D eigenvalue weighted by atomic mass is 16.5. The quantitative estimate of drug-likeness (QED) is 0.662. The van der Waals surface area contributed by atoms with Gasteiger partial charge in [0.1, 0.15) is 5.60 Å². The molecule has 4 heteroatoms. The van der Waals surface area contributed by atoms with Gasteiger partial charge in [-0.2, -0.15) is 0 Å². The molecule has 0 radical (unpaired) electrons. The fraction of sp³-hybridized carbons (Fsp3) is 0.636. The summed E-state index contributed by atoms with van der Waals surface area (Å²) in [6, 6.07) is 0. The molecule has 0 aliphatic carbocycles. The van der Waals surface area contributed by atoms with E-state index in [1.54, 1.807) is 6.08 Å². The summed E-state index contributed by atoms with van der Waals surface area (Å²) in [7, 11) is 0. The third-order valence-corrected chi connectivity index (χ3v) is 1.49. The van der Waals surface area contributed by atoms with Crippen LogP contribution in [0.2, 0.25) is 0 Å². The highest BCUT2D eigenvalue weighted by Crippen LogP contribution is 2.02. The van der Waals surface area contributed by atoms with Crippen LogP contribution >= 0.6 is 0 Å². The Morgan fingerprint density at radius 2 is 2.13 bits per heavy atom. The monoisotopic (exact) mass is 213 g/mol. The number of rotatable bonds is 1. The predicted octanol–water partition coefficient (Wildman–Crippen LogP) is 1.06. The van der Waals surface area contributed by atoms with Gasteiger partial charge in [-0.25, -0.2) is 0 Å². The molecular formula is C11H19NO3. The van der Waals surface area contributed by atoms with Gasteiger partial charge in [-0.15, -0.1) is 0 Å². The smallest absolute Gasteiger partial charge is 0.293 e. The lowest BCUT2D eigenvalue weighted by Gasteiger charge is -2.14. The van der Waals surface area contributed by atoms with Crippen molar-refractivity contribution in [3.8, 4) is 0 Å². The Balaban J connectivity index is 0.000000265. The Morgan fingerprint density at radius 1 is 1.47 bits per heavy atom. The molecule has 0 atom stereocenters. The molecule has 1 rings (SSSR count). The molecular weight excluding hydrogens is 194 g/mol. The Labute approximate surface area is 90.7 Å². The lowest BCUT2D eigenvalue weighted by atomic mass is 10.2. The molecule has 1 N–H and O–H groups in total. The summed E-state index contributed by atoms with van der Waals surface area (Å²) < 4.78 is 4.55. The van der Waals surface area contributed by atoms with Gasteiger partial charge in [0.25, 0.3) is 6.47 Å². The molecule has 86 valence electrons. The summed E-state index contributed by atoms with van der Waals surface area (Å²) in [6.07, 6.45) is 4.52. The molecule has 0 aromatic rings. The van der Waals surface area contributed by atoms with Crippen molar-refractivity contribution in [1.29, 1.82) is 0 Å². The fourth-order valence-corrected chi connectivity index (χ4v) is 0.815. The van der Waals surface area contributed by atoms with Gasteiger partial charge in [0.15, 0.2) is 5.78 Å². The molecule has 0 amide bonds. The molecule has 1 aliphatic rings. The van der Waals surface area contributed by atoms with E-state index in [1.807, 2.05) is 26.8 Å². The van der Waals surface area contributed by atoms with Crippen molar-refractivity contribution in [1.82, 2.24) is 5.32 Å². The Bertz CT molecular complexity index is 228. The van der Waals surface area contributed by atoms with Crippen LogP contribution in [0.1, 0.15) is 27.2 Å². The maximum absolute atomic E-state index is 10.5. The second kappa shape index (κ2) is 7.17. The van der Waals surface area contributed by atoms with Gasteiger partial charge in [-0.05, 0) is 39.8 Å². The minimum atomic E-state index is -0.318. The SMILES string of the molecule is CC(C)(C)OC=O.O=C1C=CCCNC1. The number of carbonyl (C=O) groups excluding carboxylic acids is 2. The van der Waals surface area contributed by atoms with E-state index >= 15 is 0 Å². The van der Waals surface area contributed by atoms with Crippen LogP contribution in [0.25, 0.3) is 0 Å². The first-order valence-corrected chi connectivity index (χ1v) is 4.97. The lowest BCUT2D eigenvalue weighted by molar-refractivity contribution is -0.138. The molecule has 0 fully saturated rings. The molecule has 1 aliphatic heterocycles. The molecule has 0 aromatic carbocycles. The van der Waals surface area contributed by atoms with Crippen molar-refractivity contribution in [2.24, 2.45) is 0 Å². The van der Waals surface area contributed by atoms with Crippen LogP contribution in [-0.4, -0.2) is 30.9 Å². The normalized spacial score (nSPS) is 16.1. The first kappa shape index (κ1) is 13.8. The van der Waals surface area contributed by atoms with E-state index in [0.717, 1.165) is 13.0 Å². The largest absolute Gasteiger partial charge is 0.462 e. The molecule has 0 saturated heterocycles. The number of ether oxygens (including phenoxy) is 1. The average Bonchev–Trinajstić information content (AvgIpc) is 2.31. The molecule has 15 heavy (non-hydrogen) atoms. The summed E-state index contributed by atoms with van der Waals surface area (Å²) >= 11 is 0. The van der Waals surface area contributed by atoms with Gasteiger partial charge in [0.05, 0.1) is 6.54 Å². The van der Waals surface area contributed by atoms with Crippen LogP contribution in [0.4, 0.5) is 0 Å². The third kappa shape index (κ3) is 10.8. The van der Waals surface area contributed by atoms with E-state index in [9.17, 15) is 9.59 Å². The van der Waals surface area contributed by atoms with Gasteiger partial charge in [-0.1, -0.05) is 6.08 Å². The minimum Gasteiger partial charge on any atom is -0.462 e. The Kier molecular flexibility index (Phi) is 6.62. The van der Waals surface area contributed by atoms with Crippen molar-refractivity contribution >= 4 is 12.3 Å². The number of carbonyl (C=O) groups is 2. The number of hydrogen-bond acceptors (Lipinski definition) is 4. The summed E-state index contributed by atoms with van der Waals surface area (Å²) in [5.41, 5.74) is -0.318. The van der Waals surface area contributed by atoms with Gasteiger partial charge >= 0.3 is 0 Å². The van der Waals surface area contributed by atoms with Crippen molar-refractivity contribution in [3.63, 3.8) is 0 Å². The summed E-state index contributed by atoms with van der Waals surface area (Å²) in [6.45, 7) is 7.36. The summed E-state index contributed by atoms with van der Waals surface area (Å²) in [5.74, 6) is 0.183. The van der Waals surface area contributed by atoms with E-state index in [1.165, 1.54) is 0 Å². The molecule has 0 unspecified atom stereocenters. The van der Waals surface area contributed by atoms with Gasteiger partial charge < -0.3 is 10.1 Å². The van der Waals surface area contributed by atoms with Crippen LogP contribution in [0.15, 0.2) is 12.2 Å². The van der Waals surface area contributed by atoms with E-state index in [0.29, 0.717) is 13.0 Å². The highest BCUT2D eigenvalue weighted by molar-refractivity contribution is 5.91. The Morgan fingerprint density at radius 3 is 2.60 bits per heavy atom. The lowest BCUT2D eigenvalue weighted by Crippen LogP contribution is -2.19. The summed E-state index contributed by atoms with van der Waals surface area (Å²) in [4.78, 5) is 20.1. The van der Waals surface area contributed by atoms with Gasteiger partial charge in [-0.3, -0.25) is 9.59 Å². The predicted molar refractivity (Wildman–Crippen MR) is 58.5 cm³/mol. The van der Waals surface area contributed by atoms with E-state index in [4.69, 9.17) is 0 Å². The van der Waals surface area contributed by atoms with Crippen molar-refractivity contribution in [3.05, 3.63) is 12.2 Å². The fourth-order valence-electron chi connectivity index (χ4n) is 0.815. The third-order valence-electron chi connectivity index (χ3n) is 1.49. The molecule has 0 saturated carbocycles. The second-order valence-corrected chi connectivity index (χ2v) is 4.16. The van der Waals surface area contributed by atoms with Crippen LogP contribution in [-0.2, 0) is 14.3 Å². The maximum Gasteiger partial charge on any atom is 0.293 e. The zero-order valence-corrected chi connectivity index (χ0v) is 9.58. The van der Waals surface area contributed by atoms with Crippen LogP contribution in [0, 0.1) is 0 Å². The summed E-state index contributed by atoms with van der Waals surface area (Å²) in [5, 5.41) is 2.98. The van der Waals surface area contributed by atoms with Gasteiger partial charge in [0.2, 0.25) is 0 Å². The minimum absolute atomic E-state index is 0.183. The highest BCUT2D eigenvalue weighted by Gasteiger charge is 2.07. The second-order valence-electron chi connectivity index (χ2n) is 4.16. The zero-order valence-electron chi connectivity index (χ0n) is 9.58. The molecule has 0 spiro atoms. The van der Waals surface area contributed by atoms with Crippen molar-refractivity contribution in [2.75, 3.05) is 13.1 Å². The van der Waals surface area contributed by atoms with Crippen LogP contribution in [0.3, 0.4) is 0 Å². The standard InChI is InChI=1S/C6H9NO.C5H10O2/c8-6-3-1-2-4-7-5-6;1-5(2,3)7-4-6/h1,3,7H,2,4-5H2;4H,1-3H3. The molecule has 0 bridgehead atoms. The maximum atomic E-state index is 10.5. The molecule has 0 aromatic heterocycles. The van der Waals surface area contributed by atoms with E-state index in [-0.39, 0.29) is 11.4 Å². The number of ketones is 1. The molecule has 4 nitrogen and oxygen atoms in total. The van der Waals surface area contributed by atoms with Gasteiger partial charge in [0, 0.05) is 0 Å². The van der Waals surface area contributed by atoms with Crippen LogP contribution in [0.5, 0.6) is 0 Å². The van der Waals surface area contributed by atoms with E-state index in [2.05, 4.69) is 10.1 Å². The number of nitrogens with one attached hydrogen (secondary N) is 1. The van der Waals surface area contributed by atoms with Crippen molar-refractivity contribution in [2.45, 2.75) is 32.8 Å². The molecule has 1 heterocycles. The topological polar surface area (TPSA) is 55.4 Å².